The van der Waals surface area contributed by atoms with Gasteiger partial charge in [-0.2, -0.15) is 0 Å². The van der Waals surface area contributed by atoms with Gasteiger partial charge in [0.15, 0.2) is 10.8 Å². The summed E-state index contributed by atoms with van der Waals surface area (Å²) in [7, 11) is 1.65. The molecule has 33 heavy (non-hydrogen) atoms. The first-order valence-corrected chi connectivity index (χ1v) is 11.8. The van der Waals surface area contributed by atoms with Gasteiger partial charge in [0, 0.05) is 11.5 Å². The highest BCUT2D eigenvalue weighted by Crippen LogP contribution is 2.29. The van der Waals surface area contributed by atoms with Gasteiger partial charge in [-0.1, -0.05) is 48.2 Å². The summed E-state index contributed by atoms with van der Waals surface area (Å²) >= 11 is 1.38. The molecule has 3 aromatic carbocycles. The van der Waals surface area contributed by atoms with Crippen molar-refractivity contribution in [3.8, 4) is 5.75 Å². The number of aryl methyl sites for hydroxylation is 1. The molecule has 1 N–H and O–H groups in total. The van der Waals surface area contributed by atoms with Crippen LogP contribution in [0.1, 0.15) is 24.1 Å². The highest BCUT2D eigenvalue weighted by atomic mass is 32.2. The van der Waals surface area contributed by atoms with Crippen molar-refractivity contribution in [1.29, 1.82) is 0 Å². The Morgan fingerprint density at radius 1 is 1.06 bits per heavy atom. The van der Waals surface area contributed by atoms with Crippen LogP contribution in [0.5, 0.6) is 5.75 Å². The van der Waals surface area contributed by atoms with E-state index in [1.54, 1.807) is 7.11 Å². The number of pyridine rings is 1. The molecular formula is C26H24N4O2S. The molecule has 0 aliphatic heterocycles. The number of benzene rings is 3. The molecule has 1 unspecified atom stereocenters. The molecule has 2 heterocycles. The van der Waals surface area contributed by atoms with Gasteiger partial charge in [-0.25, -0.2) is 0 Å². The van der Waals surface area contributed by atoms with Crippen LogP contribution in [0.15, 0.2) is 71.9 Å². The van der Waals surface area contributed by atoms with Crippen molar-refractivity contribution in [2.75, 3.05) is 12.9 Å². The van der Waals surface area contributed by atoms with Gasteiger partial charge < -0.3 is 10.1 Å². The second kappa shape index (κ2) is 8.75. The number of nitrogens with one attached hydrogen (secondary N) is 1. The van der Waals surface area contributed by atoms with E-state index in [-0.39, 0.29) is 17.7 Å². The van der Waals surface area contributed by atoms with E-state index < -0.39 is 0 Å². The number of methoxy groups -OCH3 is 1. The fraction of sp³-hybridized carbons (Fsp3) is 0.192. The monoisotopic (exact) mass is 456 g/mol. The zero-order valence-corrected chi connectivity index (χ0v) is 19.5. The van der Waals surface area contributed by atoms with Crippen LogP contribution in [0, 0.1) is 6.92 Å². The Morgan fingerprint density at radius 2 is 1.88 bits per heavy atom. The summed E-state index contributed by atoms with van der Waals surface area (Å²) in [6.45, 7) is 4.06. The van der Waals surface area contributed by atoms with E-state index in [0.29, 0.717) is 5.16 Å². The van der Waals surface area contributed by atoms with Gasteiger partial charge in [-0.05, 0) is 60.0 Å². The Bertz CT molecular complexity index is 1490. The molecule has 0 radical (unpaired) electrons. The minimum Gasteiger partial charge on any atom is -0.497 e. The quantitative estimate of drug-likeness (QED) is 0.350. The van der Waals surface area contributed by atoms with Crippen molar-refractivity contribution in [1.82, 2.24) is 19.9 Å². The van der Waals surface area contributed by atoms with E-state index in [0.717, 1.165) is 38.8 Å². The number of fused-ring (bicyclic) bond motifs is 4. The minimum absolute atomic E-state index is 0.0496. The van der Waals surface area contributed by atoms with Crippen LogP contribution >= 0.6 is 11.8 Å². The standard InChI is InChI=1S/C26H24N4O2S/c1-16-12-24-28-29-26(30(24)23-14-21(32-3)10-11-22(16)23)33-15-25(31)27-17(2)19-9-8-18-6-4-5-7-20(18)13-19/h4-14,17H,15H2,1-3H3,(H,27,31). The average Bonchev–Trinajstić information content (AvgIpc) is 3.25. The number of nitrogens with zero attached hydrogens (tertiary/aromatic N) is 3. The van der Waals surface area contributed by atoms with Crippen LogP contribution < -0.4 is 10.1 Å². The first kappa shape index (κ1) is 21.3. The van der Waals surface area contributed by atoms with Crippen molar-refractivity contribution in [2.45, 2.75) is 25.0 Å². The second-order valence-corrected chi connectivity index (χ2v) is 9.01. The summed E-state index contributed by atoms with van der Waals surface area (Å²) in [5.41, 5.74) is 3.90. The lowest BCUT2D eigenvalue weighted by atomic mass is 10.0. The summed E-state index contributed by atoms with van der Waals surface area (Å²) in [5, 5.41) is 15.9. The van der Waals surface area contributed by atoms with Crippen molar-refractivity contribution >= 4 is 45.0 Å². The lowest BCUT2D eigenvalue weighted by Gasteiger charge is -2.15. The molecular weight excluding hydrogens is 432 g/mol. The van der Waals surface area contributed by atoms with Crippen LogP contribution in [0.3, 0.4) is 0 Å². The zero-order chi connectivity index (χ0) is 22.9. The average molecular weight is 457 g/mol. The van der Waals surface area contributed by atoms with Crippen LogP contribution in [0.2, 0.25) is 0 Å². The molecule has 166 valence electrons. The fourth-order valence-corrected chi connectivity index (χ4v) is 4.86. The molecule has 7 heteroatoms. The molecule has 0 bridgehead atoms. The molecule has 5 aromatic rings. The molecule has 0 aliphatic carbocycles. The molecule has 1 atom stereocenters. The van der Waals surface area contributed by atoms with Crippen LogP contribution in [-0.2, 0) is 4.79 Å². The molecule has 0 saturated carbocycles. The second-order valence-electron chi connectivity index (χ2n) is 8.07. The summed E-state index contributed by atoms with van der Waals surface area (Å²) in [6, 6.07) is 22.4. The van der Waals surface area contributed by atoms with Gasteiger partial charge in [0.2, 0.25) is 5.91 Å². The number of carbonyl (C=O) groups excluding carboxylic acids is 1. The highest BCUT2D eigenvalue weighted by Gasteiger charge is 2.15. The van der Waals surface area contributed by atoms with E-state index in [1.165, 1.54) is 17.1 Å². The van der Waals surface area contributed by atoms with Gasteiger partial charge >= 0.3 is 0 Å². The molecule has 6 nitrogen and oxygen atoms in total. The van der Waals surface area contributed by atoms with Gasteiger partial charge in [0.25, 0.3) is 0 Å². The normalized spacial score (nSPS) is 12.3. The van der Waals surface area contributed by atoms with Gasteiger partial charge in [-0.3, -0.25) is 9.20 Å². The summed E-state index contributed by atoms with van der Waals surface area (Å²) in [5.74, 6) is 0.963. The van der Waals surface area contributed by atoms with Gasteiger partial charge in [-0.15, -0.1) is 10.2 Å². The maximum atomic E-state index is 12.7. The maximum Gasteiger partial charge on any atom is 0.230 e. The minimum atomic E-state index is -0.0920. The predicted molar refractivity (Wildman–Crippen MR) is 133 cm³/mol. The molecule has 2 aromatic heterocycles. The molecule has 0 aliphatic rings. The third kappa shape index (κ3) is 4.12. The topological polar surface area (TPSA) is 68.5 Å². The Hall–Kier alpha value is -3.58. The summed E-state index contributed by atoms with van der Waals surface area (Å²) in [6.07, 6.45) is 0. The van der Waals surface area contributed by atoms with Crippen molar-refractivity contribution in [3.05, 3.63) is 77.9 Å². The number of ether oxygens (including phenoxy) is 1. The Morgan fingerprint density at radius 3 is 2.70 bits per heavy atom. The highest BCUT2D eigenvalue weighted by molar-refractivity contribution is 7.99. The van der Waals surface area contributed by atoms with Crippen molar-refractivity contribution < 1.29 is 9.53 Å². The van der Waals surface area contributed by atoms with Crippen molar-refractivity contribution in [3.63, 3.8) is 0 Å². The zero-order valence-electron chi connectivity index (χ0n) is 18.7. The predicted octanol–water partition coefficient (Wildman–Crippen LogP) is 5.32. The Balaban J connectivity index is 1.34. The van der Waals surface area contributed by atoms with E-state index in [9.17, 15) is 4.79 Å². The largest absolute Gasteiger partial charge is 0.497 e. The number of hydrogen-bond acceptors (Lipinski definition) is 5. The number of amides is 1. The maximum absolute atomic E-state index is 12.7. The Labute approximate surface area is 196 Å². The smallest absolute Gasteiger partial charge is 0.230 e. The molecule has 0 spiro atoms. The first-order chi connectivity index (χ1) is 16.0. The van der Waals surface area contributed by atoms with E-state index >= 15 is 0 Å². The van der Waals surface area contributed by atoms with Crippen LogP contribution in [-0.4, -0.2) is 33.4 Å². The molecule has 0 fully saturated rings. The number of carbonyl (C=O) groups is 1. The fourth-order valence-electron chi connectivity index (χ4n) is 4.10. The number of aromatic nitrogens is 3. The van der Waals surface area contributed by atoms with E-state index in [4.69, 9.17) is 4.74 Å². The molecule has 0 saturated heterocycles. The van der Waals surface area contributed by atoms with Gasteiger partial charge in [0.05, 0.1) is 24.4 Å². The Kier molecular flexibility index (Phi) is 5.64. The summed E-state index contributed by atoms with van der Waals surface area (Å²) < 4.78 is 7.39. The lowest BCUT2D eigenvalue weighted by Crippen LogP contribution is -2.28. The van der Waals surface area contributed by atoms with Crippen molar-refractivity contribution in [2.24, 2.45) is 0 Å². The molecule has 5 rings (SSSR count). The number of thioether (sulfide) groups is 1. The lowest BCUT2D eigenvalue weighted by molar-refractivity contribution is -0.119. The third-order valence-corrected chi connectivity index (χ3v) is 6.79. The van der Waals surface area contributed by atoms with Gasteiger partial charge in [0.1, 0.15) is 5.75 Å². The summed E-state index contributed by atoms with van der Waals surface area (Å²) in [4.78, 5) is 12.7. The molecule has 1 amide bonds. The first-order valence-electron chi connectivity index (χ1n) is 10.8. The van der Waals surface area contributed by atoms with E-state index in [2.05, 4.69) is 52.8 Å². The number of hydrogen-bond donors (Lipinski definition) is 1. The SMILES string of the molecule is COc1ccc2c(C)cc3nnc(SCC(=O)NC(C)c4ccc5ccccc5c4)n3c2c1. The van der Waals surface area contributed by atoms with E-state index in [1.807, 2.05) is 47.7 Å². The van der Waals surface area contributed by atoms with Crippen LogP contribution in [0.4, 0.5) is 0 Å². The third-order valence-electron chi connectivity index (χ3n) is 5.86. The van der Waals surface area contributed by atoms with Crippen LogP contribution in [0.25, 0.3) is 27.3 Å². The number of rotatable bonds is 6.